The van der Waals surface area contributed by atoms with Crippen LogP contribution >= 0.6 is 0 Å². The quantitative estimate of drug-likeness (QED) is 0.544. The van der Waals surface area contributed by atoms with Crippen LogP contribution in [0.3, 0.4) is 0 Å². The molecule has 0 saturated carbocycles. The molecular weight excluding hydrogens is 453 g/mol. The molecule has 1 atom stereocenters. The van der Waals surface area contributed by atoms with Crippen LogP contribution in [0.25, 0.3) is 0 Å². The maximum Gasteiger partial charge on any atom is 0.573 e. The second-order valence-electron chi connectivity index (χ2n) is 8.78. The second kappa shape index (κ2) is 10.4. The van der Waals surface area contributed by atoms with Gasteiger partial charge in [-0.05, 0) is 56.7 Å². The lowest BCUT2D eigenvalue weighted by Gasteiger charge is -2.39. The number of nitrogens with one attached hydrogen (secondary N) is 1. The number of aromatic nitrogens is 2. The smallest absolute Gasteiger partial charge is 0.481 e. The lowest BCUT2D eigenvalue weighted by molar-refractivity contribution is -0.274. The highest BCUT2D eigenvalue weighted by atomic mass is 19.4. The predicted molar refractivity (Wildman–Crippen MR) is 120 cm³/mol. The number of halogens is 3. The number of anilines is 2. The van der Waals surface area contributed by atoms with E-state index in [0.29, 0.717) is 31.1 Å². The maximum atomic E-state index is 12.3. The van der Waals surface area contributed by atoms with Crippen molar-refractivity contribution < 1.29 is 32.5 Å². The molecule has 2 aromatic rings. The van der Waals surface area contributed by atoms with Gasteiger partial charge in [0.1, 0.15) is 17.4 Å². The van der Waals surface area contributed by atoms with E-state index >= 15 is 0 Å². The summed E-state index contributed by atoms with van der Waals surface area (Å²) in [5.74, 6) is 0.0769. The number of alkyl halides is 3. The van der Waals surface area contributed by atoms with Crippen LogP contribution < -0.4 is 19.7 Å². The van der Waals surface area contributed by atoms with Crippen LogP contribution in [-0.2, 0) is 11.2 Å². The zero-order chi connectivity index (χ0) is 24.9. The number of hydrogen-bond acceptors (Lipinski definition) is 7. The molecular formula is C23H29F3N4O4. The maximum absolute atomic E-state index is 12.3. The largest absolute Gasteiger partial charge is 0.573 e. The van der Waals surface area contributed by atoms with E-state index in [2.05, 4.69) is 20.0 Å². The Morgan fingerprint density at radius 1 is 1.24 bits per heavy atom. The zero-order valence-corrected chi connectivity index (χ0v) is 19.4. The minimum Gasteiger partial charge on any atom is -0.481 e. The van der Waals surface area contributed by atoms with Crippen molar-refractivity contribution in [2.45, 2.75) is 39.5 Å². The molecule has 0 spiro atoms. The third-order valence-corrected chi connectivity index (χ3v) is 6.07. The SMILES string of the molecule is COc1nc(NCCc2ccc(OC(F)(F)F)cc2)cc(N2CCCC(C(C)(C)C(=O)O)C2)n1. The molecule has 186 valence electrons. The number of carboxylic acids is 1. The van der Waals surface area contributed by atoms with Crippen LogP contribution in [0, 0.1) is 11.3 Å². The standard InChI is InChI=1S/C23H29F3N4O4/c1-22(2,20(31)32)16-5-4-12-30(14-16)19-13-18(28-21(29-19)33-3)27-11-10-15-6-8-17(9-7-15)34-23(24,25)26/h6-9,13,16H,4-5,10-12,14H2,1-3H3,(H,31,32)(H,27,28,29). The van der Waals surface area contributed by atoms with Gasteiger partial charge in [0, 0.05) is 25.7 Å². The Morgan fingerprint density at radius 3 is 2.56 bits per heavy atom. The molecule has 0 bridgehead atoms. The number of nitrogens with zero attached hydrogens (tertiary/aromatic N) is 3. The fourth-order valence-corrected chi connectivity index (χ4v) is 3.90. The molecule has 0 radical (unpaired) electrons. The Hall–Kier alpha value is -3.24. The van der Waals surface area contributed by atoms with Crippen molar-refractivity contribution in [2.24, 2.45) is 11.3 Å². The molecule has 1 aromatic heterocycles. The van der Waals surface area contributed by atoms with Crippen molar-refractivity contribution in [3.8, 4) is 11.8 Å². The highest BCUT2D eigenvalue weighted by molar-refractivity contribution is 5.74. The summed E-state index contributed by atoms with van der Waals surface area (Å²) >= 11 is 0. The average molecular weight is 483 g/mol. The summed E-state index contributed by atoms with van der Waals surface area (Å²) in [5.41, 5.74) is -0.0181. The van der Waals surface area contributed by atoms with E-state index in [0.717, 1.165) is 24.9 Å². The third kappa shape index (κ3) is 6.64. The highest BCUT2D eigenvalue weighted by Crippen LogP contribution is 2.36. The van der Waals surface area contributed by atoms with Crippen LogP contribution in [0.5, 0.6) is 11.8 Å². The van der Waals surface area contributed by atoms with Gasteiger partial charge in [-0.2, -0.15) is 9.97 Å². The summed E-state index contributed by atoms with van der Waals surface area (Å²) in [6.45, 7) is 5.29. The van der Waals surface area contributed by atoms with Gasteiger partial charge in [0.15, 0.2) is 0 Å². The number of carboxylic acid groups (broad SMARTS) is 1. The number of carbonyl (C=O) groups is 1. The van der Waals surface area contributed by atoms with E-state index in [1.54, 1.807) is 32.0 Å². The molecule has 3 rings (SSSR count). The number of piperidine rings is 1. The lowest BCUT2D eigenvalue weighted by Crippen LogP contribution is -2.45. The van der Waals surface area contributed by atoms with E-state index in [-0.39, 0.29) is 17.7 Å². The number of methoxy groups -OCH3 is 1. The van der Waals surface area contributed by atoms with Gasteiger partial charge in [-0.25, -0.2) is 0 Å². The minimum absolute atomic E-state index is 0.0274. The Bertz CT molecular complexity index is 983. The normalized spacial score (nSPS) is 16.8. The summed E-state index contributed by atoms with van der Waals surface area (Å²) in [4.78, 5) is 22.5. The molecule has 1 aliphatic rings. The molecule has 8 nitrogen and oxygen atoms in total. The highest BCUT2D eigenvalue weighted by Gasteiger charge is 2.39. The Kier molecular flexibility index (Phi) is 7.73. The van der Waals surface area contributed by atoms with Crippen LogP contribution in [0.15, 0.2) is 30.3 Å². The summed E-state index contributed by atoms with van der Waals surface area (Å²) in [6.07, 6.45) is -2.49. The molecule has 0 amide bonds. The third-order valence-electron chi connectivity index (χ3n) is 6.07. The molecule has 11 heteroatoms. The first-order valence-electron chi connectivity index (χ1n) is 11.0. The van der Waals surface area contributed by atoms with Crippen LogP contribution in [0.2, 0.25) is 0 Å². The van der Waals surface area contributed by atoms with E-state index in [9.17, 15) is 23.1 Å². The van der Waals surface area contributed by atoms with Crippen LogP contribution in [-0.4, -0.2) is 54.2 Å². The van der Waals surface area contributed by atoms with E-state index in [4.69, 9.17) is 4.74 Å². The van der Waals surface area contributed by atoms with Crippen molar-refractivity contribution in [3.05, 3.63) is 35.9 Å². The van der Waals surface area contributed by atoms with Crippen molar-refractivity contribution in [2.75, 3.05) is 37.0 Å². The zero-order valence-electron chi connectivity index (χ0n) is 19.4. The van der Waals surface area contributed by atoms with Crippen molar-refractivity contribution in [1.82, 2.24) is 9.97 Å². The Morgan fingerprint density at radius 2 is 1.94 bits per heavy atom. The Labute approximate surface area is 196 Å². The number of benzene rings is 1. The Balaban J connectivity index is 1.64. The van der Waals surface area contributed by atoms with E-state index in [1.807, 2.05) is 4.90 Å². The van der Waals surface area contributed by atoms with Crippen LogP contribution in [0.1, 0.15) is 32.3 Å². The first-order chi connectivity index (χ1) is 16.0. The monoisotopic (exact) mass is 482 g/mol. The molecule has 2 heterocycles. The topological polar surface area (TPSA) is 96.8 Å². The molecule has 1 saturated heterocycles. The molecule has 2 N–H and O–H groups in total. The predicted octanol–water partition coefficient (Wildman–Crippen LogP) is 4.37. The first kappa shape index (κ1) is 25.4. The molecule has 1 aliphatic heterocycles. The van der Waals surface area contributed by atoms with Gasteiger partial charge in [0.25, 0.3) is 0 Å². The molecule has 0 aliphatic carbocycles. The lowest BCUT2D eigenvalue weighted by atomic mass is 9.74. The number of rotatable bonds is 9. The number of aliphatic carboxylic acids is 1. The summed E-state index contributed by atoms with van der Waals surface area (Å²) < 4.78 is 46.0. The van der Waals surface area contributed by atoms with Crippen molar-refractivity contribution in [1.29, 1.82) is 0 Å². The molecule has 1 aromatic carbocycles. The molecule has 1 fully saturated rings. The molecule has 34 heavy (non-hydrogen) atoms. The summed E-state index contributed by atoms with van der Waals surface area (Å²) in [5, 5.41) is 12.8. The van der Waals surface area contributed by atoms with Gasteiger partial charge >= 0.3 is 18.3 Å². The van der Waals surface area contributed by atoms with Crippen LogP contribution in [0.4, 0.5) is 24.8 Å². The average Bonchev–Trinajstić information content (AvgIpc) is 2.79. The van der Waals surface area contributed by atoms with Gasteiger partial charge in [0.05, 0.1) is 12.5 Å². The van der Waals surface area contributed by atoms with Gasteiger partial charge in [-0.1, -0.05) is 12.1 Å². The van der Waals surface area contributed by atoms with Crippen molar-refractivity contribution in [3.63, 3.8) is 0 Å². The number of hydrogen-bond donors (Lipinski definition) is 2. The van der Waals surface area contributed by atoms with Gasteiger partial charge < -0.3 is 24.8 Å². The first-order valence-corrected chi connectivity index (χ1v) is 11.0. The number of ether oxygens (including phenoxy) is 2. The fraction of sp³-hybridized carbons (Fsp3) is 0.522. The molecule has 1 unspecified atom stereocenters. The van der Waals surface area contributed by atoms with Crippen molar-refractivity contribution >= 4 is 17.6 Å². The van der Waals surface area contributed by atoms with Gasteiger partial charge in [-0.15, -0.1) is 13.2 Å². The fourth-order valence-electron chi connectivity index (χ4n) is 3.90. The summed E-state index contributed by atoms with van der Waals surface area (Å²) in [7, 11) is 1.47. The minimum atomic E-state index is -4.72. The van der Waals surface area contributed by atoms with Gasteiger partial charge in [-0.3, -0.25) is 4.79 Å². The second-order valence-corrected chi connectivity index (χ2v) is 8.78. The summed E-state index contributed by atoms with van der Waals surface area (Å²) in [6, 6.07) is 7.69. The van der Waals surface area contributed by atoms with E-state index < -0.39 is 17.7 Å². The van der Waals surface area contributed by atoms with E-state index in [1.165, 1.54) is 19.2 Å². The van der Waals surface area contributed by atoms with Gasteiger partial charge in [0.2, 0.25) is 0 Å².